The van der Waals surface area contributed by atoms with Gasteiger partial charge in [0.15, 0.2) is 0 Å². The molecule has 2 aromatic rings. The lowest BCUT2D eigenvalue weighted by molar-refractivity contribution is -0.136. The second-order valence-electron chi connectivity index (χ2n) is 7.17. The molecule has 0 saturated heterocycles. The number of benzene rings is 2. The zero-order valence-corrected chi connectivity index (χ0v) is 17.3. The number of carboxylic acids is 1. The Labute approximate surface area is 174 Å². The van der Waals surface area contributed by atoms with Gasteiger partial charge in [0.2, 0.25) is 0 Å². The van der Waals surface area contributed by atoms with Crippen molar-refractivity contribution in [1.29, 1.82) is 0 Å². The summed E-state index contributed by atoms with van der Waals surface area (Å²) < 4.78 is 25.6. The van der Waals surface area contributed by atoms with Crippen LogP contribution >= 0.6 is 11.6 Å². The van der Waals surface area contributed by atoms with E-state index in [2.05, 4.69) is 0 Å². The van der Waals surface area contributed by atoms with Crippen molar-refractivity contribution in [2.75, 3.05) is 19.8 Å². The molecule has 0 bridgehead atoms. The van der Waals surface area contributed by atoms with Crippen LogP contribution in [0.25, 0.3) is 5.57 Å². The molecule has 3 rings (SSSR count). The monoisotopic (exact) mass is 418 g/mol. The van der Waals surface area contributed by atoms with Gasteiger partial charge in [-0.3, -0.25) is 4.79 Å². The minimum absolute atomic E-state index is 0.103. The first-order chi connectivity index (χ1) is 13.9. The van der Waals surface area contributed by atoms with E-state index in [9.17, 15) is 9.18 Å². The first-order valence-corrected chi connectivity index (χ1v) is 9.92. The molecular formula is C23H24ClFO4. The summed E-state index contributed by atoms with van der Waals surface area (Å²) in [7, 11) is 0. The lowest BCUT2D eigenvalue weighted by atomic mass is 9.96. The predicted octanol–water partition coefficient (Wildman–Crippen LogP) is 5.37. The Balaban J connectivity index is 1.79. The Morgan fingerprint density at radius 2 is 2.03 bits per heavy atom. The fraction of sp³-hybridized carbons (Fsp3) is 0.348. The maximum atomic E-state index is 13.9. The van der Waals surface area contributed by atoms with E-state index in [1.165, 1.54) is 6.07 Å². The highest BCUT2D eigenvalue weighted by Gasteiger charge is 2.17. The number of carbonyl (C=O) groups is 1. The Morgan fingerprint density at radius 1 is 1.24 bits per heavy atom. The van der Waals surface area contributed by atoms with Crippen LogP contribution in [0, 0.1) is 19.7 Å². The van der Waals surface area contributed by atoms with E-state index in [4.69, 9.17) is 26.2 Å². The highest BCUT2D eigenvalue weighted by molar-refractivity contribution is 6.30. The molecule has 1 aliphatic rings. The first kappa shape index (κ1) is 21.3. The van der Waals surface area contributed by atoms with Gasteiger partial charge < -0.3 is 14.6 Å². The number of aryl methyl sites for hydroxylation is 1. The van der Waals surface area contributed by atoms with Gasteiger partial charge in [0.25, 0.3) is 0 Å². The zero-order chi connectivity index (χ0) is 21.0. The van der Waals surface area contributed by atoms with Crippen molar-refractivity contribution in [3.63, 3.8) is 0 Å². The van der Waals surface area contributed by atoms with Crippen LogP contribution in [0.5, 0.6) is 5.75 Å². The van der Waals surface area contributed by atoms with Crippen LogP contribution in [0.2, 0.25) is 5.02 Å². The lowest BCUT2D eigenvalue weighted by Crippen LogP contribution is -2.16. The molecule has 0 fully saturated rings. The summed E-state index contributed by atoms with van der Waals surface area (Å²) in [6, 6.07) is 8.64. The summed E-state index contributed by atoms with van der Waals surface area (Å²) in [6.07, 6.45) is 1.28. The first-order valence-electron chi connectivity index (χ1n) is 9.54. The van der Waals surface area contributed by atoms with Crippen LogP contribution in [0.1, 0.15) is 35.1 Å². The van der Waals surface area contributed by atoms with Gasteiger partial charge in [-0.1, -0.05) is 23.7 Å². The molecule has 4 nitrogen and oxygen atoms in total. The SMILES string of the molecule is Cc1c(CCC(=O)O)ccc(OCC2=C(c3ccc(Cl)c(F)c3)CCOC2)c1C. The summed E-state index contributed by atoms with van der Waals surface area (Å²) in [4.78, 5) is 10.8. The Morgan fingerprint density at radius 3 is 2.76 bits per heavy atom. The van der Waals surface area contributed by atoms with Crippen molar-refractivity contribution in [2.24, 2.45) is 0 Å². The molecule has 1 N–H and O–H groups in total. The molecule has 1 aliphatic heterocycles. The number of carboxylic acid groups (broad SMARTS) is 1. The number of halogens is 2. The molecule has 154 valence electrons. The Kier molecular flexibility index (Phi) is 6.93. The second-order valence-corrected chi connectivity index (χ2v) is 7.58. The minimum Gasteiger partial charge on any atom is -0.489 e. The lowest BCUT2D eigenvalue weighted by Gasteiger charge is -2.22. The fourth-order valence-corrected chi connectivity index (χ4v) is 3.60. The quantitative estimate of drug-likeness (QED) is 0.657. The number of aliphatic carboxylic acids is 1. The molecule has 0 radical (unpaired) electrons. The molecule has 0 spiro atoms. The summed E-state index contributed by atoms with van der Waals surface area (Å²) in [5.74, 6) is -0.495. The summed E-state index contributed by atoms with van der Waals surface area (Å²) in [6.45, 7) is 5.31. The minimum atomic E-state index is -0.808. The van der Waals surface area contributed by atoms with Crippen molar-refractivity contribution in [3.05, 3.63) is 69.0 Å². The molecule has 29 heavy (non-hydrogen) atoms. The van der Waals surface area contributed by atoms with Gasteiger partial charge in [-0.05, 0) is 78.3 Å². The predicted molar refractivity (Wildman–Crippen MR) is 111 cm³/mol. The van der Waals surface area contributed by atoms with Gasteiger partial charge in [-0.25, -0.2) is 4.39 Å². The number of ether oxygens (including phenoxy) is 2. The average molecular weight is 419 g/mol. The molecule has 0 saturated carbocycles. The van der Waals surface area contributed by atoms with E-state index >= 15 is 0 Å². The summed E-state index contributed by atoms with van der Waals surface area (Å²) in [5, 5.41) is 9.00. The van der Waals surface area contributed by atoms with Gasteiger partial charge in [0.05, 0.1) is 18.2 Å². The zero-order valence-electron chi connectivity index (χ0n) is 16.6. The third-order valence-corrected chi connectivity index (χ3v) is 5.63. The fourth-order valence-electron chi connectivity index (χ4n) is 3.48. The molecule has 0 aromatic heterocycles. The van der Waals surface area contributed by atoms with E-state index in [1.807, 2.05) is 32.0 Å². The Bertz CT molecular complexity index is 952. The molecule has 6 heteroatoms. The van der Waals surface area contributed by atoms with Gasteiger partial charge in [0.1, 0.15) is 18.2 Å². The van der Waals surface area contributed by atoms with Gasteiger partial charge in [0, 0.05) is 6.42 Å². The summed E-state index contributed by atoms with van der Waals surface area (Å²) >= 11 is 5.81. The summed E-state index contributed by atoms with van der Waals surface area (Å²) in [5.41, 5.74) is 5.84. The van der Waals surface area contributed by atoms with E-state index in [0.717, 1.165) is 39.1 Å². The molecule has 0 unspecified atom stereocenters. The van der Waals surface area contributed by atoms with E-state index < -0.39 is 11.8 Å². The van der Waals surface area contributed by atoms with Crippen LogP contribution in [0.4, 0.5) is 4.39 Å². The van der Waals surface area contributed by atoms with Crippen molar-refractivity contribution in [1.82, 2.24) is 0 Å². The van der Waals surface area contributed by atoms with Crippen LogP contribution in [-0.2, 0) is 16.0 Å². The van der Waals surface area contributed by atoms with Gasteiger partial charge in [-0.2, -0.15) is 0 Å². The van der Waals surface area contributed by atoms with Crippen LogP contribution in [-0.4, -0.2) is 30.9 Å². The van der Waals surface area contributed by atoms with Crippen LogP contribution in [0.3, 0.4) is 0 Å². The molecule has 0 amide bonds. The maximum Gasteiger partial charge on any atom is 0.303 e. The third kappa shape index (κ3) is 5.17. The molecule has 1 heterocycles. The van der Waals surface area contributed by atoms with Gasteiger partial charge >= 0.3 is 5.97 Å². The van der Waals surface area contributed by atoms with E-state index in [0.29, 0.717) is 32.7 Å². The van der Waals surface area contributed by atoms with Gasteiger partial charge in [-0.15, -0.1) is 0 Å². The van der Waals surface area contributed by atoms with Crippen molar-refractivity contribution >= 4 is 23.1 Å². The molecule has 0 atom stereocenters. The normalized spacial score (nSPS) is 14.2. The van der Waals surface area contributed by atoms with Crippen LogP contribution < -0.4 is 4.74 Å². The van der Waals surface area contributed by atoms with E-state index in [-0.39, 0.29) is 11.4 Å². The topological polar surface area (TPSA) is 55.8 Å². The molecule has 2 aromatic carbocycles. The highest BCUT2D eigenvalue weighted by atomic mass is 35.5. The number of hydrogen-bond acceptors (Lipinski definition) is 3. The number of hydrogen-bond donors (Lipinski definition) is 1. The van der Waals surface area contributed by atoms with Crippen LogP contribution in [0.15, 0.2) is 35.9 Å². The third-order valence-electron chi connectivity index (χ3n) is 5.33. The molecule has 0 aliphatic carbocycles. The maximum absolute atomic E-state index is 13.9. The van der Waals surface area contributed by atoms with Crippen molar-refractivity contribution in [3.8, 4) is 5.75 Å². The smallest absolute Gasteiger partial charge is 0.303 e. The van der Waals surface area contributed by atoms with E-state index in [1.54, 1.807) is 6.07 Å². The second kappa shape index (κ2) is 9.42. The number of rotatable bonds is 7. The van der Waals surface area contributed by atoms with Crippen molar-refractivity contribution in [2.45, 2.75) is 33.1 Å². The average Bonchev–Trinajstić information content (AvgIpc) is 2.70. The van der Waals surface area contributed by atoms with Crippen molar-refractivity contribution < 1.29 is 23.8 Å². The Hall–Kier alpha value is -2.37. The molecular weight excluding hydrogens is 395 g/mol. The standard InChI is InChI=1S/C23H24ClFO4/c1-14-15(2)22(7-4-16(14)5-8-23(26)27)29-13-18-12-28-10-9-19(18)17-3-6-20(24)21(25)11-17/h3-4,6-7,11H,5,8-10,12-13H2,1-2H3,(H,26,27). The highest BCUT2D eigenvalue weighted by Crippen LogP contribution is 2.30. The largest absolute Gasteiger partial charge is 0.489 e.